The summed E-state index contributed by atoms with van der Waals surface area (Å²) in [6.07, 6.45) is 3.26. The molecular formula is C17H27ClN2O2S. The molecule has 0 aliphatic carbocycles. The van der Waals surface area contributed by atoms with Crippen LogP contribution in [0.25, 0.3) is 0 Å². The van der Waals surface area contributed by atoms with E-state index in [1.807, 2.05) is 43.0 Å². The standard InChI is InChI=1S/C17H26N2O2S.ClH/c1-12(18)16-6-4-5-11-19(16)17(20)13(2)22-15-9-7-14(21-3)8-10-15;/h7-10,12-13,16H,4-6,11,18H2,1-3H3;1H. The van der Waals surface area contributed by atoms with Crippen LogP contribution >= 0.6 is 24.2 Å². The highest BCUT2D eigenvalue weighted by Crippen LogP contribution is 2.28. The van der Waals surface area contributed by atoms with Gasteiger partial charge in [0, 0.05) is 23.5 Å². The molecule has 0 aromatic heterocycles. The van der Waals surface area contributed by atoms with E-state index in [1.54, 1.807) is 18.9 Å². The van der Waals surface area contributed by atoms with Crippen LogP contribution in [0.4, 0.5) is 0 Å². The van der Waals surface area contributed by atoms with E-state index >= 15 is 0 Å². The number of rotatable bonds is 5. The van der Waals surface area contributed by atoms with Crippen LogP contribution in [0.2, 0.25) is 0 Å². The van der Waals surface area contributed by atoms with Gasteiger partial charge in [0.25, 0.3) is 0 Å². The van der Waals surface area contributed by atoms with Crippen molar-refractivity contribution in [1.29, 1.82) is 0 Å². The summed E-state index contributed by atoms with van der Waals surface area (Å²) in [6.45, 7) is 4.81. The second-order valence-corrected chi connectivity index (χ2v) is 7.30. The van der Waals surface area contributed by atoms with Gasteiger partial charge in [0.05, 0.1) is 12.4 Å². The van der Waals surface area contributed by atoms with E-state index < -0.39 is 0 Å². The summed E-state index contributed by atoms with van der Waals surface area (Å²) >= 11 is 1.59. The van der Waals surface area contributed by atoms with Crippen LogP contribution < -0.4 is 10.5 Å². The number of amides is 1. The molecule has 1 heterocycles. The van der Waals surface area contributed by atoms with Gasteiger partial charge in [0.1, 0.15) is 5.75 Å². The van der Waals surface area contributed by atoms with Gasteiger partial charge in [0.2, 0.25) is 5.91 Å². The van der Waals surface area contributed by atoms with Crippen molar-refractivity contribution in [3.05, 3.63) is 24.3 Å². The van der Waals surface area contributed by atoms with E-state index in [0.717, 1.165) is 36.5 Å². The summed E-state index contributed by atoms with van der Waals surface area (Å²) in [5.74, 6) is 1.03. The van der Waals surface area contributed by atoms with E-state index in [1.165, 1.54) is 0 Å². The quantitative estimate of drug-likeness (QED) is 0.820. The molecule has 1 aromatic rings. The van der Waals surface area contributed by atoms with Gasteiger partial charge in [-0.25, -0.2) is 0 Å². The van der Waals surface area contributed by atoms with Gasteiger partial charge in [-0.15, -0.1) is 24.2 Å². The zero-order valence-electron chi connectivity index (χ0n) is 14.0. The summed E-state index contributed by atoms with van der Waals surface area (Å²) in [5.41, 5.74) is 6.07. The molecule has 3 unspecified atom stereocenters. The lowest BCUT2D eigenvalue weighted by Crippen LogP contribution is -2.53. The maximum atomic E-state index is 12.8. The normalized spacial score (nSPS) is 20.3. The molecule has 0 saturated carbocycles. The van der Waals surface area contributed by atoms with Gasteiger partial charge in [-0.2, -0.15) is 0 Å². The number of benzene rings is 1. The largest absolute Gasteiger partial charge is 0.497 e. The lowest BCUT2D eigenvalue weighted by molar-refractivity contribution is -0.134. The molecule has 6 heteroatoms. The minimum Gasteiger partial charge on any atom is -0.497 e. The van der Waals surface area contributed by atoms with Crippen LogP contribution in [-0.4, -0.2) is 41.8 Å². The summed E-state index contributed by atoms with van der Waals surface area (Å²) in [4.78, 5) is 15.8. The molecule has 0 bridgehead atoms. The van der Waals surface area contributed by atoms with Gasteiger partial charge in [-0.3, -0.25) is 4.79 Å². The number of piperidine rings is 1. The Labute approximate surface area is 149 Å². The SMILES string of the molecule is COc1ccc(SC(C)C(=O)N2CCCCC2C(C)N)cc1.Cl. The smallest absolute Gasteiger partial charge is 0.236 e. The Morgan fingerprint density at radius 1 is 1.30 bits per heavy atom. The number of likely N-dealkylation sites (tertiary alicyclic amines) is 1. The summed E-state index contributed by atoms with van der Waals surface area (Å²) in [5, 5.41) is -0.104. The van der Waals surface area contributed by atoms with Crippen LogP contribution in [0, 0.1) is 0 Å². The maximum Gasteiger partial charge on any atom is 0.236 e. The fourth-order valence-corrected chi connectivity index (χ4v) is 3.86. The number of halogens is 1. The highest BCUT2D eigenvalue weighted by Gasteiger charge is 2.31. The topological polar surface area (TPSA) is 55.6 Å². The van der Waals surface area contributed by atoms with E-state index in [2.05, 4.69) is 0 Å². The Kier molecular flexibility index (Phi) is 8.23. The minimum atomic E-state index is -0.104. The van der Waals surface area contributed by atoms with E-state index in [4.69, 9.17) is 10.5 Å². The third kappa shape index (κ3) is 5.30. The molecule has 1 aromatic carbocycles. The molecule has 0 spiro atoms. The molecule has 1 amide bonds. The molecule has 4 nitrogen and oxygen atoms in total. The number of thioether (sulfide) groups is 1. The van der Waals surface area contributed by atoms with Crippen molar-refractivity contribution in [1.82, 2.24) is 4.90 Å². The number of carbonyl (C=O) groups is 1. The molecule has 2 rings (SSSR count). The van der Waals surface area contributed by atoms with Crippen molar-refractivity contribution in [2.24, 2.45) is 5.73 Å². The number of nitrogens with two attached hydrogens (primary N) is 1. The van der Waals surface area contributed by atoms with Crippen LogP contribution in [-0.2, 0) is 4.79 Å². The van der Waals surface area contributed by atoms with Crippen LogP contribution in [0.1, 0.15) is 33.1 Å². The Morgan fingerprint density at radius 2 is 1.96 bits per heavy atom. The molecule has 1 aliphatic rings. The third-order valence-corrected chi connectivity index (χ3v) is 5.26. The Bertz CT molecular complexity index is 496. The van der Waals surface area contributed by atoms with Crippen molar-refractivity contribution in [2.45, 2.75) is 55.3 Å². The van der Waals surface area contributed by atoms with Gasteiger partial charge in [-0.05, 0) is 57.4 Å². The first-order valence-electron chi connectivity index (χ1n) is 7.89. The van der Waals surface area contributed by atoms with Crippen molar-refractivity contribution < 1.29 is 9.53 Å². The monoisotopic (exact) mass is 358 g/mol. The predicted octanol–water partition coefficient (Wildman–Crippen LogP) is 3.33. The fraction of sp³-hybridized carbons (Fsp3) is 0.588. The van der Waals surface area contributed by atoms with Gasteiger partial charge >= 0.3 is 0 Å². The molecule has 1 aliphatic heterocycles. The van der Waals surface area contributed by atoms with Crippen LogP contribution in [0.3, 0.4) is 0 Å². The number of nitrogens with zero attached hydrogens (tertiary/aromatic N) is 1. The molecule has 1 saturated heterocycles. The molecule has 0 radical (unpaired) electrons. The van der Waals surface area contributed by atoms with Gasteiger partial charge in [-0.1, -0.05) is 0 Å². The first kappa shape index (κ1) is 20.1. The Balaban J connectivity index is 0.00000264. The second kappa shape index (κ2) is 9.40. The van der Waals surface area contributed by atoms with E-state index in [0.29, 0.717) is 0 Å². The van der Waals surface area contributed by atoms with Crippen molar-refractivity contribution in [3.63, 3.8) is 0 Å². The highest BCUT2D eigenvalue weighted by atomic mass is 35.5. The van der Waals surface area contributed by atoms with E-state index in [-0.39, 0.29) is 35.6 Å². The molecule has 130 valence electrons. The summed E-state index contributed by atoms with van der Waals surface area (Å²) < 4.78 is 5.16. The molecule has 3 atom stereocenters. The van der Waals surface area contributed by atoms with Crippen molar-refractivity contribution >= 4 is 30.1 Å². The Morgan fingerprint density at radius 3 is 2.52 bits per heavy atom. The van der Waals surface area contributed by atoms with Gasteiger partial charge in [0.15, 0.2) is 0 Å². The molecule has 23 heavy (non-hydrogen) atoms. The summed E-state index contributed by atoms with van der Waals surface area (Å²) in [6, 6.07) is 8.04. The van der Waals surface area contributed by atoms with E-state index in [9.17, 15) is 4.79 Å². The maximum absolute atomic E-state index is 12.8. The zero-order valence-corrected chi connectivity index (χ0v) is 15.7. The highest BCUT2D eigenvalue weighted by molar-refractivity contribution is 8.00. The van der Waals surface area contributed by atoms with Gasteiger partial charge < -0.3 is 15.4 Å². The molecule has 2 N–H and O–H groups in total. The first-order chi connectivity index (χ1) is 10.5. The second-order valence-electron chi connectivity index (χ2n) is 5.89. The number of hydrogen-bond donors (Lipinski definition) is 1. The van der Waals surface area contributed by atoms with Crippen molar-refractivity contribution in [3.8, 4) is 5.75 Å². The average Bonchev–Trinajstić information content (AvgIpc) is 2.54. The summed E-state index contributed by atoms with van der Waals surface area (Å²) in [7, 11) is 1.65. The number of carbonyl (C=O) groups excluding carboxylic acids is 1. The van der Waals surface area contributed by atoms with Crippen LogP contribution in [0.5, 0.6) is 5.75 Å². The van der Waals surface area contributed by atoms with Crippen LogP contribution in [0.15, 0.2) is 29.2 Å². The van der Waals surface area contributed by atoms with Crippen molar-refractivity contribution in [2.75, 3.05) is 13.7 Å². The Hall–Kier alpha value is -0.910. The third-order valence-electron chi connectivity index (χ3n) is 4.16. The first-order valence-corrected chi connectivity index (χ1v) is 8.77. The predicted molar refractivity (Wildman–Crippen MR) is 98.6 cm³/mol. The number of methoxy groups -OCH3 is 1. The molecular weight excluding hydrogens is 332 g/mol. The lowest BCUT2D eigenvalue weighted by Gasteiger charge is -2.39. The fourth-order valence-electron chi connectivity index (χ4n) is 2.92. The lowest BCUT2D eigenvalue weighted by atomic mass is 9.96. The average molecular weight is 359 g/mol. The number of ether oxygens (including phenoxy) is 1. The molecule has 1 fully saturated rings. The number of hydrogen-bond acceptors (Lipinski definition) is 4. The minimum absolute atomic E-state index is 0. The zero-order chi connectivity index (χ0) is 16.1.